The first kappa shape index (κ1) is 14.8. The first-order chi connectivity index (χ1) is 10.0. The Morgan fingerprint density at radius 1 is 1.38 bits per heavy atom. The fraction of sp³-hybridized carbons (Fsp3) is 0.200. The highest BCUT2D eigenvalue weighted by Gasteiger charge is 2.13. The number of H-pyrrole nitrogens is 1. The first-order valence-corrected chi connectivity index (χ1v) is 6.44. The molecule has 0 saturated carbocycles. The fourth-order valence-electron chi connectivity index (χ4n) is 1.81. The number of pyridine rings is 1. The number of rotatable bonds is 4. The van der Waals surface area contributed by atoms with E-state index in [1.165, 1.54) is 30.5 Å². The van der Waals surface area contributed by atoms with Gasteiger partial charge in [-0.25, -0.2) is 4.39 Å². The van der Waals surface area contributed by atoms with E-state index < -0.39 is 11.7 Å². The van der Waals surface area contributed by atoms with E-state index in [1.807, 2.05) is 0 Å². The van der Waals surface area contributed by atoms with E-state index in [4.69, 9.17) is 4.74 Å². The Bertz CT molecular complexity index is 725. The number of aromatic amines is 1. The number of hydrogen-bond donors (Lipinski definition) is 2. The summed E-state index contributed by atoms with van der Waals surface area (Å²) in [5.41, 5.74) is 0.563. The lowest BCUT2D eigenvalue weighted by Gasteiger charge is -2.11. The lowest BCUT2D eigenvalue weighted by molar-refractivity contribution is 0.102. The van der Waals surface area contributed by atoms with Gasteiger partial charge in [-0.2, -0.15) is 0 Å². The van der Waals surface area contributed by atoms with Crippen molar-refractivity contribution in [3.05, 3.63) is 57.8 Å². The third kappa shape index (κ3) is 3.47. The third-order valence-corrected chi connectivity index (χ3v) is 2.79. The molecule has 0 aliphatic carbocycles. The number of hydrogen-bond acceptors (Lipinski definition) is 3. The predicted molar refractivity (Wildman–Crippen MR) is 77.3 cm³/mol. The van der Waals surface area contributed by atoms with Gasteiger partial charge in [-0.3, -0.25) is 9.59 Å². The molecule has 1 heterocycles. The molecule has 110 valence electrons. The molecule has 1 aromatic heterocycles. The summed E-state index contributed by atoms with van der Waals surface area (Å²) in [4.78, 5) is 26.7. The van der Waals surface area contributed by atoms with Crippen LogP contribution in [-0.2, 0) is 0 Å². The molecule has 0 saturated heterocycles. The van der Waals surface area contributed by atoms with Crippen molar-refractivity contribution in [1.82, 2.24) is 4.98 Å². The van der Waals surface area contributed by atoms with Crippen LogP contribution >= 0.6 is 0 Å². The van der Waals surface area contributed by atoms with Crippen LogP contribution in [0.2, 0.25) is 0 Å². The van der Waals surface area contributed by atoms with E-state index in [9.17, 15) is 14.0 Å². The van der Waals surface area contributed by atoms with E-state index in [2.05, 4.69) is 10.3 Å². The lowest BCUT2D eigenvalue weighted by Crippen LogP contribution is -2.22. The molecule has 1 aromatic carbocycles. The Morgan fingerprint density at radius 3 is 2.81 bits per heavy atom. The normalized spacial score (nSPS) is 10.2. The zero-order valence-corrected chi connectivity index (χ0v) is 11.7. The van der Waals surface area contributed by atoms with Gasteiger partial charge in [-0.05, 0) is 26.0 Å². The number of ether oxygens (including phenoxy) is 1. The summed E-state index contributed by atoms with van der Waals surface area (Å²) < 4.78 is 18.5. The number of aryl methyl sites for hydroxylation is 1. The molecule has 0 unspecified atom stereocenters. The van der Waals surface area contributed by atoms with Gasteiger partial charge in [-0.15, -0.1) is 0 Å². The number of carbonyl (C=O) groups is 1. The molecule has 0 aliphatic heterocycles. The van der Waals surface area contributed by atoms with Gasteiger partial charge in [0.1, 0.15) is 17.1 Å². The SMILES string of the molecule is CCOc1cc(F)ccc1NC(=O)c1c[nH]c(C)cc1=O. The summed E-state index contributed by atoms with van der Waals surface area (Å²) >= 11 is 0. The summed E-state index contributed by atoms with van der Waals surface area (Å²) in [6, 6.07) is 5.11. The monoisotopic (exact) mass is 290 g/mol. The molecule has 0 aliphatic rings. The second-order valence-electron chi connectivity index (χ2n) is 4.42. The Kier molecular flexibility index (Phi) is 4.37. The maximum absolute atomic E-state index is 13.2. The van der Waals surface area contributed by atoms with Crippen molar-refractivity contribution in [3.63, 3.8) is 0 Å². The van der Waals surface area contributed by atoms with Crippen molar-refractivity contribution in [2.75, 3.05) is 11.9 Å². The topological polar surface area (TPSA) is 71.2 Å². The maximum Gasteiger partial charge on any atom is 0.261 e. The summed E-state index contributed by atoms with van der Waals surface area (Å²) in [6.45, 7) is 3.80. The van der Waals surface area contributed by atoms with Gasteiger partial charge < -0.3 is 15.0 Å². The van der Waals surface area contributed by atoms with E-state index in [0.717, 1.165) is 0 Å². The average Bonchev–Trinajstić information content (AvgIpc) is 2.42. The molecule has 21 heavy (non-hydrogen) atoms. The van der Waals surface area contributed by atoms with Crippen LogP contribution in [0.15, 0.2) is 35.3 Å². The number of benzene rings is 1. The van der Waals surface area contributed by atoms with Crippen molar-refractivity contribution in [2.24, 2.45) is 0 Å². The van der Waals surface area contributed by atoms with Gasteiger partial charge in [0.25, 0.3) is 5.91 Å². The Balaban J connectivity index is 2.29. The third-order valence-electron chi connectivity index (χ3n) is 2.79. The number of nitrogens with one attached hydrogen (secondary N) is 2. The molecular formula is C15H15FN2O3. The number of aromatic nitrogens is 1. The Hall–Kier alpha value is -2.63. The minimum atomic E-state index is -0.580. The Morgan fingerprint density at radius 2 is 2.14 bits per heavy atom. The van der Waals surface area contributed by atoms with Crippen LogP contribution in [0, 0.1) is 12.7 Å². The zero-order chi connectivity index (χ0) is 15.4. The van der Waals surface area contributed by atoms with Crippen molar-refractivity contribution >= 4 is 11.6 Å². The zero-order valence-electron chi connectivity index (χ0n) is 11.7. The largest absolute Gasteiger partial charge is 0.492 e. The van der Waals surface area contributed by atoms with E-state index >= 15 is 0 Å². The molecule has 0 radical (unpaired) electrons. The lowest BCUT2D eigenvalue weighted by atomic mass is 10.2. The molecule has 2 aromatic rings. The smallest absolute Gasteiger partial charge is 0.261 e. The summed E-state index contributed by atoms with van der Waals surface area (Å²) in [7, 11) is 0. The van der Waals surface area contributed by atoms with Gasteiger partial charge >= 0.3 is 0 Å². The number of amides is 1. The van der Waals surface area contributed by atoms with Crippen LogP contribution in [0.4, 0.5) is 10.1 Å². The van der Waals surface area contributed by atoms with Crippen LogP contribution in [0.1, 0.15) is 23.0 Å². The molecule has 0 atom stereocenters. The number of anilines is 1. The van der Waals surface area contributed by atoms with Crippen LogP contribution in [0.5, 0.6) is 5.75 Å². The maximum atomic E-state index is 13.2. The van der Waals surface area contributed by atoms with Crippen molar-refractivity contribution in [2.45, 2.75) is 13.8 Å². The molecular weight excluding hydrogens is 275 g/mol. The van der Waals surface area contributed by atoms with Crippen molar-refractivity contribution in [3.8, 4) is 5.75 Å². The molecule has 6 heteroatoms. The summed E-state index contributed by atoms with van der Waals surface area (Å²) in [5, 5.41) is 2.55. The standard InChI is InChI=1S/C15H15FN2O3/c1-3-21-14-7-10(16)4-5-12(14)18-15(20)11-8-17-9(2)6-13(11)19/h4-8H,3H2,1-2H3,(H,17,19)(H,18,20). The molecule has 0 bridgehead atoms. The highest BCUT2D eigenvalue weighted by molar-refractivity contribution is 6.04. The first-order valence-electron chi connectivity index (χ1n) is 6.44. The molecule has 1 amide bonds. The van der Waals surface area contributed by atoms with Crippen LogP contribution in [0.25, 0.3) is 0 Å². The molecule has 2 rings (SSSR count). The minimum Gasteiger partial charge on any atom is -0.492 e. The number of carbonyl (C=O) groups excluding carboxylic acids is 1. The van der Waals surface area contributed by atoms with Crippen molar-refractivity contribution in [1.29, 1.82) is 0 Å². The van der Waals surface area contributed by atoms with Crippen LogP contribution < -0.4 is 15.5 Å². The number of halogens is 1. The van der Waals surface area contributed by atoms with E-state index in [0.29, 0.717) is 18.0 Å². The quantitative estimate of drug-likeness (QED) is 0.908. The minimum absolute atomic E-state index is 0.0210. The highest BCUT2D eigenvalue weighted by atomic mass is 19.1. The molecule has 5 nitrogen and oxygen atoms in total. The van der Waals surface area contributed by atoms with E-state index in [1.54, 1.807) is 13.8 Å². The van der Waals surface area contributed by atoms with Gasteiger partial charge in [0.2, 0.25) is 0 Å². The molecule has 0 spiro atoms. The van der Waals surface area contributed by atoms with Crippen LogP contribution in [0.3, 0.4) is 0 Å². The average molecular weight is 290 g/mol. The Labute approximate surface area is 120 Å². The predicted octanol–water partition coefficient (Wildman–Crippen LogP) is 2.47. The van der Waals surface area contributed by atoms with E-state index in [-0.39, 0.29) is 16.7 Å². The van der Waals surface area contributed by atoms with Gasteiger partial charge in [0.15, 0.2) is 5.43 Å². The van der Waals surface area contributed by atoms with Gasteiger partial charge in [0, 0.05) is 24.0 Å². The van der Waals surface area contributed by atoms with Gasteiger partial charge in [-0.1, -0.05) is 0 Å². The molecule has 0 fully saturated rings. The van der Waals surface area contributed by atoms with Crippen LogP contribution in [-0.4, -0.2) is 17.5 Å². The van der Waals surface area contributed by atoms with Crippen molar-refractivity contribution < 1.29 is 13.9 Å². The summed E-state index contributed by atoms with van der Waals surface area (Å²) in [5.74, 6) is -0.831. The highest BCUT2D eigenvalue weighted by Crippen LogP contribution is 2.25. The second kappa shape index (κ2) is 6.21. The van der Waals surface area contributed by atoms with Gasteiger partial charge in [0.05, 0.1) is 12.3 Å². The fourth-order valence-corrected chi connectivity index (χ4v) is 1.81. The molecule has 2 N–H and O–H groups in total. The summed E-state index contributed by atoms with van der Waals surface area (Å²) in [6.07, 6.45) is 1.34. The second-order valence-corrected chi connectivity index (χ2v) is 4.42.